The summed E-state index contributed by atoms with van der Waals surface area (Å²) in [5.41, 5.74) is 3.19. The van der Waals surface area contributed by atoms with E-state index in [1.165, 1.54) is 29.3 Å². The van der Waals surface area contributed by atoms with Gasteiger partial charge in [0.2, 0.25) is 0 Å². The number of carbonyl (C=O) groups is 1. The number of esters is 1. The van der Waals surface area contributed by atoms with Crippen LogP contribution in [-0.4, -0.2) is 48.2 Å². The lowest BCUT2D eigenvalue weighted by Crippen LogP contribution is -2.59. The molecular weight excluding hydrogens is 278 g/mol. The molecule has 0 saturated carbocycles. The zero-order valence-electron chi connectivity index (χ0n) is 13.2. The fraction of sp³-hybridized carbons (Fsp3) is 0.471. The van der Waals surface area contributed by atoms with Gasteiger partial charge in [0.15, 0.2) is 0 Å². The molecule has 4 rings (SSSR count). The van der Waals surface area contributed by atoms with Crippen LogP contribution in [0.4, 0.5) is 0 Å². The van der Waals surface area contributed by atoms with E-state index in [2.05, 4.69) is 53.1 Å². The summed E-state index contributed by atoms with van der Waals surface area (Å²) in [5.74, 6) is -0.0276. The van der Waals surface area contributed by atoms with Crippen LogP contribution in [0, 0.1) is 0 Å². The summed E-state index contributed by atoms with van der Waals surface area (Å²) in [7, 11) is 5.65. The van der Waals surface area contributed by atoms with Gasteiger partial charge in [-0.15, -0.1) is 0 Å². The largest absolute Gasteiger partial charge is 0.468 e. The number of aromatic nitrogens is 1. The number of methoxy groups -OCH3 is 1. The smallest absolute Gasteiger partial charge is 0.328 e. The number of hydrogen-bond acceptors (Lipinski definition) is 4. The highest BCUT2D eigenvalue weighted by Gasteiger charge is 2.56. The summed E-state index contributed by atoms with van der Waals surface area (Å²) in [5, 5.41) is 4.76. The van der Waals surface area contributed by atoms with Gasteiger partial charge < -0.3 is 14.2 Å². The van der Waals surface area contributed by atoms with Crippen molar-refractivity contribution in [3.63, 3.8) is 0 Å². The van der Waals surface area contributed by atoms with Gasteiger partial charge >= 0.3 is 5.97 Å². The Labute approximate surface area is 129 Å². The van der Waals surface area contributed by atoms with E-state index >= 15 is 0 Å². The Balaban J connectivity index is 1.97. The Kier molecular flexibility index (Phi) is 2.86. The van der Waals surface area contributed by atoms with Crippen molar-refractivity contribution < 1.29 is 9.53 Å². The molecule has 1 fully saturated rings. The monoisotopic (exact) mass is 299 g/mol. The zero-order chi connectivity index (χ0) is 15.5. The number of likely N-dealkylation sites (tertiary alicyclic amines) is 1. The second-order valence-corrected chi connectivity index (χ2v) is 6.50. The van der Waals surface area contributed by atoms with E-state index in [-0.39, 0.29) is 11.9 Å². The number of rotatable bonds is 1. The van der Waals surface area contributed by atoms with Gasteiger partial charge in [-0.25, -0.2) is 4.79 Å². The molecule has 3 heterocycles. The van der Waals surface area contributed by atoms with E-state index in [0.29, 0.717) is 13.1 Å². The van der Waals surface area contributed by atoms with Crippen LogP contribution >= 0.6 is 0 Å². The lowest BCUT2D eigenvalue weighted by molar-refractivity contribution is -0.149. The van der Waals surface area contributed by atoms with E-state index < -0.39 is 5.54 Å². The van der Waals surface area contributed by atoms with Crippen molar-refractivity contribution >= 4 is 16.9 Å². The highest BCUT2D eigenvalue weighted by molar-refractivity contribution is 5.91. The SMILES string of the molecule is COC(=O)[C@]12CN(C)C[C@H]1c1c(n(C)c3ccccc13)CN2. The molecule has 5 heteroatoms. The van der Waals surface area contributed by atoms with E-state index in [0.717, 1.165) is 6.54 Å². The van der Waals surface area contributed by atoms with E-state index in [1.54, 1.807) is 0 Å². The normalized spacial score (nSPS) is 27.7. The maximum Gasteiger partial charge on any atom is 0.328 e. The third-order valence-corrected chi connectivity index (χ3v) is 5.35. The number of para-hydroxylation sites is 1. The van der Waals surface area contributed by atoms with Gasteiger partial charge in [0, 0.05) is 49.2 Å². The Hall–Kier alpha value is -1.85. The minimum Gasteiger partial charge on any atom is -0.468 e. The average Bonchev–Trinajstić information content (AvgIpc) is 3.02. The Morgan fingerprint density at radius 2 is 2.14 bits per heavy atom. The van der Waals surface area contributed by atoms with Crippen molar-refractivity contribution in [2.45, 2.75) is 18.0 Å². The zero-order valence-corrected chi connectivity index (χ0v) is 13.2. The molecule has 5 nitrogen and oxygen atoms in total. The van der Waals surface area contributed by atoms with Crippen molar-refractivity contribution in [2.24, 2.45) is 7.05 Å². The van der Waals surface area contributed by atoms with Crippen LogP contribution in [0.25, 0.3) is 10.9 Å². The van der Waals surface area contributed by atoms with Crippen molar-refractivity contribution in [1.82, 2.24) is 14.8 Å². The van der Waals surface area contributed by atoms with Crippen LogP contribution in [-0.2, 0) is 23.1 Å². The quantitative estimate of drug-likeness (QED) is 0.805. The number of hydrogen-bond donors (Lipinski definition) is 1. The molecule has 0 aliphatic carbocycles. The fourth-order valence-electron chi connectivity index (χ4n) is 4.37. The van der Waals surface area contributed by atoms with Gasteiger partial charge in [-0.2, -0.15) is 0 Å². The number of carbonyl (C=O) groups excluding carboxylic acids is 1. The lowest BCUT2D eigenvalue weighted by Gasteiger charge is -2.37. The summed E-state index contributed by atoms with van der Waals surface area (Å²) in [4.78, 5) is 14.8. The molecule has 0 radical (unpaired) electrons. The topological polar surface area (TPSA) is 46.5 Å². The van der Waals surface area contributed by atoms with Gasteiger partial charge in [0.05, 0.1) is 7.11 Å². The number of ether oxygens (including phenoxy) is 1. The van der Waals surface area contributed by atoms with Gasteiger partial charge in [-0.05, 0) is 18.7 Å². The minimum absolute atomic E-state index is 0.125. The summed E-state index contributed by atoms with van der Waals surface area (Å²) < 4.78 is 7.39. The van der Waals surface area contributed by atoms with Crippen molar-refractivity contribution in [3.05, 3.63) is 35.5 Å². The molecule has 0 amide bonds. The number of nitrogens with zero attached hydrogens (tertiary/aromatic N) is 2. The van der Waals surface area contributed by atoms with Gasteiger partial charge in [-0.3, -0.25) is 5.32 Å². The van der Waals surface area contributed by atoms with Crippen LogP contribution < -0.4 is 5.32 Å². The Morgan fingerprint density at radius 1 is 1.36 bits per heavy atom. The molecule has 0 unspecified atom stereocenters. The van der Waals surface area contributed by atoms with Crippen molar-refractivity contribution in [1.29, 1.82) is 0 Å². The highest BCUT2D eigenvalue weighted by Crippen LogP contribution is 2.45. The lowest BCUT2D eigenvalue weighted by atomic mass is 9.78. The molecule has 1 N–H and O–H groups in total. The highest BCUT2D eigenvalue weighted by atomic mass is 16.5. The van der Waals surface area contributed by atoms with Gasteiger partial charge in [0.1, 0.15) is 5.54 Å². The standard InChI is InChI=1S/C17H21N3O2/c1-19-9-12-15-11-6-4-5-7-13(11)20(2)14(15)8-18-17(12,10-19)16(21)22-3/h4-7,12,18H,8-10H2,1-3H3/t12-,17-/m0/s1. The molecule has 2 atom stereocenters. The Bertz CT molecular complexity index is 767. The van der Waals surface area contributed by atoms with E-state index in [1.807, 2.05) is 0 Å². The van der Waals surface area contributed by atoms with Crippen LogP contribution in [0.5, 0.6) is 0 Å². The van der Waals surface area contributed by atoms with E-state index in [9.17, 15) is 4.79 Å². The van der Waals surface area contributed by atoms with Crippen LogP contribution in [0.3, 0.4) is 0 Å². The van der Waals surface area contributed by atoms with Gasteiger partial charge in [-0.1, -0.05) is 18.2 Å². The summed E-state index contributed by atoms with van der Waals surface area (Å²) >= 11 is 0. The molecule has 1 aromatic carbocycles. The average molecular weight is 299 g/mol. The first-order valence-electron chi connectivity index (χ1n) is 7.66. The molecular formula is C17H21N3O2. The van der Waals surface area contributed by atoms with Crippen molar-refractivity contribution in [2.75, 3.05) is 27.2 Å². The molecule has 1 aromatic heterocycles. The van der Waals surface area contributed by atoms with Crippen LogP contribution in [0.1, 0.15) is 17.2 Å². The number of nitrogens with one attached hydrogen (secondary N) is 1. The second-order valence-electron chi connectivity index (χ2n) is 6.50. The first-order valence-corrected chi connectivity index (χ1v) is 7.66. The maximum atomic E-state index is 12.6. The molecule has 1 saturated heterocycles. The van der Waals surface area contributed by atoms with Crippen molar-refractivity contribution in [3.8, 4) is 0 Å². The molecule has 2 aromatic rings. The fourth-order valence-corrected chi connectivity index (χ4v) is 4.37. The molecule has 2 aliphatic rings. The molecule has 0 bridgehead atoms. The summed E-state index contributed by atoms with van der Waals surface area (Å²) in [6.45, 7) is 2.25. The van der Waals surface area contributed by atoms with E-state index in [4.69, 9.17) is 4.74 Å². The molecule has 2 aliphatic heterocycles. The van der Waals surface area contributed by atoms with Gasteiger partial charge in [0.25, 0.3) is 0 Å². The van der Waals surface area contributed by atoms with Crippen LogP contribution in [0.2, 0.25) is 0 Å². The first kappa shape index (κ1) is 13.8. The predicted octanol–water partition coefficient (Wildman–Crippen LogP) is 1.22. The third-order valence-electron chi connectivity index (χ3n) is 5.35. The minimum atomic E-state index is -0.624. The number of aryl methyl sites for hydroxylation is 1. The third kappa shape index (κ3) is 1.58. The number of likely N-dealkylation sites (N-methyl/N-ethyl adjacent to an activating group) is 1. The summed E-state index contributed by atoms with van der Waals surface area (Å²) in [6, 6.07) is 8.45. The molecule has 116 valence electrons. The molecule has 0 spiro atoms. The second kappa shape index (κ2) is 4.57. The predicted molar refractivity (Wildman–Crippen MR) is 84.7 cm³/mol. The molecule has 22 heavy (non-hydrogen) atoms. The van der Waals surface area contributed by atoms with Crippen LogP contribution in [0.15, 0.2) is 24.3 Å². The Morgan fingerprint density at radius 3 is 2.91 bits per heavy atom. The number of fused-ring (bicyclic) bond motifs is 5. The number of benzene rings is 1. The first-order chi connectivity index (χ1) is 10.6. The maximum absolute atomic E-state index is 12.6. The summed E-state index contributed by atoms with van der Waals surface area (Å²) in [6.07, 6.45) is 0.